The predicted octanol–water partition coefficient (Wildman–Crippen LogP) is 5.16. The molecule has 2 aromatic rings. The lowest BCUT2D eigenvalue weighted by Crippen LogP contribution is -2.53. The Morgan fingerprint density at radius 1 is 1.03 bits per heavy atom. The molecule has 35 heavy (non-hydrogen) atoms. The molecule has 0 spiro atoms. The summed E-state index contributed by atoms with van der Waals surface area (Å²) in [6.45, 7) is 1.79. The number of anilines is 1. The number of rotatable bonds is 7. The molecule has 5 rings (SSSR count). The zero-order chi connectivity index (χ0) is 24.5. The van der Waals surface area contributed by atoms with Crippen molar-refractivity contribution in [3.8, 4) is 0 Å². The SMILES string of the molecule is C[C@H](CC(=O)N(C1CC1)C1c2ccccc2N(C(=O)OCc2ccccc2)C2CCCC21)C(=O)O. The van der Waals surface area contributed by atoms with Crippen molar-refractivity contribution in [3.63, 3.8) is 0 Å². The highest BCUT2D eigenvalue weighted by Crippen LogP contribution is 2.52. The van der Waals surface area contributed by atoms with Crippen molar-refractivity contribution in [2.75, 3.05) is 4.90 Å². The summed E-state index contributed by atoms with van der Waals surface area (Å²) in [5, 5.41) is 9.39. The van der Waals surface area contributed by atoms with Crippen LogP contribution < -0.4 is 4.90 Å². The summed E-state index contributed by atoms with van der Waals surface area (Å²) in [6, 6.07) is 17.4. The average Bonchev–Trinajstić information content (AvgIpc) is 3.58. The number of ether oxygens (including phenoxy) is 1. The molecule has 2 fully saturated rings. The van der Waals surface area contributed by atoms with Gasteiger partial charge in [0.05, 0.1) is 17.6 Å². The van der Waals surface area contributed by atoms with Gasteiger partial charge in [0.25, 0.3) is 0 Å². The summed E-state index contributed by atoms with van der Waals surface area (Å²) in [4.78, 5) is 42.1. The van der Waals surface area contributed by atoms with Crippen LogP contribution in [0.25, 0.3) is 0 Å². The number of fused-ring (bicyclic) bond motifs is 2. The second kappa shape index (κ2) is 9.72. The Morgan fingerprint density at radius 3 is 2.46 bits per heavy atom. The van der Waals surface area contributed by atoms with Gasteiger partial charge in [0, 0.05) is 24.4 Å². The van der Waals surface area contributed by atoms with E-state index in [-0.39, 0.29) is 49.1 Å². The fraction of sp³-hybridized carbons (Fsp3) is 0.464. The molecule has 1 N–H and O–H groups in total. The van der Waals surface area contributed by atoms with Crippen molar-refractivity contribution in [2.45, 2.75) is 70.2 Å². The third kappa shape index (κ3) is 4.64. The molecule has 2 amide bonds. The number of hydrogen-bond donors (Lipinski definition) is 1. The Morgan fingerprint density at radius 2 is 1.74 bits per heavy atom. The largest absolute Gasteiger partial charge is 0.481 e. The van der Waals surface area contributed by atoms with Gasteiger partial charge < -0.3 is 14.7 Å². The van der Waals surface area contributed by atoms with Crippen LogP contribution in [0, 0.1) is 11.8 Å². The smallest absolute Gasteiger partial charge is 0.414 e. The first-order chi connectivity index (χ1) is 17.0. The van der Waals surface area contributed by atoms with Crippen molar-refractivity contribution in [3.05, 3.63) is 65.7 Å². The molecule has 184 valence electrons. The van der Waals surface area contributed by atoms with Gasteiger partial charge in [-0.05, 0) is 42.9 Å². The molecule has 0 radical (unpaired) electrons. The van der Waals surface area contributed by atoms with Gasteiger partial charge in [-0.2, -0.15) is 0 Å². The Hall–Kier alpha value is -3.35. The van der Waals surface area contributed by atoms with Crippen LogP contribution in [-0.4, -0.2) is 40.1 Å². The quantitative estimate of drug-likeness (QED) is 0.597. The second-order valence-electron chi connectivity index (χ2n) is 10.1. The van der Waals surface area contributed by atoms with Crippen LogP contribution in [-0.2, 0) is 20.9 Å². The summed E-state index contributed by atoms with van der Waals surface area (Å²) in [7, 11) is 0. The van der Waals surface area contributed by atoms with Gasteiger partial charge in [-0.15, -0.1) is 0 Å². The van der Waals surface area contributed by atoms with Crippen molar-refractivity contribution < 1.29 is 24.2 Å². The lowest BCUT2D eigenvalue weighted by Gasteiger charge is -2.47. The lowest BCUT2D eigenvalue weighted by molar-refractivity contribution is -0.147. The summed E-state index contributed by atoms with van der Waals surface area (Å²) < 4.78 is 5.76. The van der Waals surface area contributed by atoms with E-state index >= 15 is 0 Å². The molecule has 3 unspecified atom stereocenters. The van der Waals surface area contributed by atoms with E-state index in [2.05, 4.69) is 0 Å². The summed E-state index contributed by atoms with van der Waals surface area (Å²) in [5.41, 5.74) is 2.68. The molecule has 1 aliphatic heterocycles. The maximum atomic E-state index is 13.5. The summed E-state index contributed by atoms with van der Waals surface area (Å²) in [5.74, 6) is -1.69. The van der Waals surface area contributed by atoms with Crippen LogP contribution in [0.1, 0.15) is 62.6 Å². The number of carbonyl (C=O) groups excluding carboxylic acids is 2. The maximum absolute atomic E-state index is 13.5. The number of para-hydroxylation sites is 1. The van der Waals surface area contributed by atoms with Crippen molar-refractivity contribution in [1.29, 1.82) is 0 Å². The Balaban J connectivity index is 1.46. The first-order valence-electron chi connectivity index (χ1n) is 12.6. The molecule has 0 saturated heterocycles. The molecular weight excluding hydrogens is 444 g/mol. The molecule has 1 heterocycles. The van der Waals surface area contributed by atoms with Crippen LogP contribution in [0.2, 0.25) is 0 Å². The summed E-state index contributed by atoms with van der Waals surface area (Å²) in [6.07, 6.45) is 4.25. The van der Waals surface area contributed by atoms with Crippen LogP contribution >= 0.6 is 0 Å². The third-order valence-electron chi connectivity index (χ3n) is 7.62. The van der Waals surface area contributed by atoms with E-state index in [0.29, 0.717) is 0 Å². The van der Waals surface area contributed by atoms with Crippen LogP contribution in [0.4, 0.5) is 10.5 Å². The number of aliphatic carboxylic acids is 1. The van der Waals surface area contributed by atoms with Gasteiger partial charge in [0.15, 0.2) is 0 Å². The number of benzene rings is 2. The van der Waals surface area contributed by atoms with E-state index in [4.69, 9.17) is 4.74 Å². The molecule has 7 heteroatoms. The molecule has 2 saturated carbocycles. The second-order valence-corrected chi connectivity index (χ2v) is 10.1. The molecule has 7 nitrogen and oxygen atoms in total. The lowest BCUT2D eigenvalue weighted by atomic mass is 9.81. The number of nitrogens with zero attached hydrogens (tertiary/aromatic N) is 2. The molecule has 2 aromatic carbocycles. The van der Waals surface area contributed by atoms with Gasteiger partial charge >= 0.3 is 12.1 Å². The predicted molar refractivity (Wildman–Crippen MR) is 131 cm³/mol. The Kier molecular flexibility index (Phi) is 6.50. The number of carboxylic acids is 1. The van der Waals surface area contributed by atoms with Gasteiger partial charge in [-0.3, -0.25) is 14.5 Å². The third-order valence-corrected chi connectivity index (χ3v) is 7.62. The maximum Gasteiger partial charge on any atom is 0.414 e. The highest BCUT2D eigenvalue weighted by molar-refractivity contribution is 5.91. The van der Waals surface area contributed by atoms with Crippen molar-refractivity contribution >= 4 is 23.7 Å². The first-order valence-corrected chi connectivity index (χ1v) is 12.6. The van der Waals surface area contributed by atoms with E-state index in [9.17, 15) is 19.5 Å². The zero-order valence-corrected chi connectivity index (χ0v) is 20.0. The topological polar surface area (TPSA) is 87.2 Å². The van der Waals surface area contributed by atoms with Crippen molar-refractivity contribution in [1.82, 2.24) is 4.90 Å². The first kappa shape index (κ1) is 23.4. The fourth-order valence-corrected chi connectivity index (χ4v) is 5.80. The van der Waals surface area contributed by atoms with E-state index in [1.807, 2.05) is 64.4 Å². The Bertz CT molecular complexity index is 1100. The normalized spacial score (nSPS) is 23.7. The molecule has 0 aromatic heterocycles. The minimum Gasteiger partial charge on any atom is -0.481 e. The Labute approximate surface area is 205 Å². The van der Waals surface area contributed by atoms with E-state index < -0.39 is 11.9 Å². The van der Waals surface area contributed by atoms with Crippen LogP contribution in [0.15, 0.2) is 54.6 Å². The van der Waals surface area contributed by atoms with E-state index in [1.54, 1.807) is 6.92 Å². The molecule has 3 aliphatic rings. The molecule has 2 aliphatic carbocycles. The van der Waals surface area contributed by atoms with Gasteiger partial charge in [-0.25, -0.2) is 4.79 Å². The zero-order valence-electron chi connectivity index (χ0n) is 20.0. The van der Waals surface area contributed by atoms with E-state index in [0.717, 1.165) is 48.9 Å². The molecular formula is C28H32N2O5. The number of amides is 2. The van der Waals surface area contributed by atoms with Gasteiger partial charge in [0.1, 0.15) is 6.61 Å². The summed E-state index contributed by atoms with van der Waals surface area (Å²) >= 11 is 0. The highest BCUT2D eigenvalue weighted by atomic mass is 16.6. The van der Waals surface area contributed by atoms with Gasteiger partial charge in [0.2, 0.25) is 5.91 Å². The minimum absolute atomic E-state index is 0.00921. The number of hydrogen-bond acceptors (Lipinski definition) is 4. The van der Waals surface area contributed by atoms with Crippen molar-refractivity contribution in [2.24, 2.45) is 11.8 Å². The van der Waals surface area contributed by atoms with Crippen LogP contribution in [0.5, 0.6) is 0 Å². The monoisotopic (exact) mass is 476 g/mol. The van der Waals surface area contributed by atoms with E-state index in [1.165, 1.54) is 0 Å². The average molecular weight is 477 g/mol. The van der Waals surface area contributed by atoms with Crippen LogP contribution in [0.3, 0.4) is 0 Å². The standard InChI is InChI=1S/C28H32N2O5/c1-18(27(32)33)16-25(31)29(20-14-15-20)26-21-10-5-6-12-23(21)30(24-13-7-11-22(24)26)28(34)35-17-19-8-3-2-4-9-19/h2-6,8-10,12,18,20,22,24,26H,7,11,13-17H2,1H3,(H,32,33)/t18-,22?,24?,26?/m1/s1. The fourth-order valence-electron chi connectivity index (χ4n) is 5.80. The number of carboxylic acid groups (broad SMARTS) is 1. The molecule has 0 bridgehead atoms. The number of carbonyl (C=O) groups is 3. The minimum atomic E-state index is -0.954. The molecule has 4 atom stereocenters. The van der Waals surface area contributed by atoms with Gasteiger partial charge in [-0.1, -0.05) is 61.9 Å². The highest BCUT2D eigenvalue weighted by Gasteiger charge is 2.51.